The number of hydrogen-bond acceptors (Lipinski definition) is 3. The van der Waals surface area contributed by atoms with Crippen molar-refractivity contribution in [3.05, 3.63) is 23.4 Å². The van der Waals surface area contributed by atoms with E-state index >= 15 is 0 Å². The third-order valence-corrected chi connectivity index (χ3v) is 2.81. The Morgan fingerprint density at radius 2 is 2.00 bits per heavy atom. The van der Waals surface area contributed by atoms with Crippen LogP contribution in [0.4, 0.5) is 5.82 Å². The first-order valence-electron chi connectivity index (χ1n) is 5.49. The molecule has 0 radical (unpaired) electrons. The Morgan fingerprint density at radius 3 is 2.50 bits per heavy atom. The van der Waals surface area contributed by atoms with E-state index in [0.717, 1.165) is 5.69 Å². The Bertz CT molecular complexity index is 410. The van der Waals surface area contributed by atoms with E-state index in [2.05, 4.69) is 44.1 Å². The molecule has 0 fully saturated rings. The van der Waals surface area contributed by atoms with E-state index in [1.807, 2.05) is 13.0 Å². The zero-order valence-electron chi connectivity index (χ0n) is 10.6. The van der Waals surface area contributed by atoms with Crippen LogP contribution in [0.3, 0.4) is 0 Å². The number of nitriles is 1. The molecule has 16 heavy (non-hydrogen) atoms. The molecule has 0 aromatic carbocycles. The maximum atomic E-state index is 9.00. The minimum atomic E-state index is 0.137. The fourth-order valence-electron chi connectivity index (χ4n) is 1.18. The van der Waals surface area contributed by atoms with Crippen LogP contribution in [-0.2, 0) is 0 Å². The molecule has 3 heteroatoms. The smallest absolute Gasteiger partial charge is 0.144 e. The molecule has 1 unspecified atom stereocenters. The molecule has 0 saturated carbocycles. The Morgan fingerprint density at radius 1 is 1.38 bits per heavy atom. The number of rotatable bonds is 2. The van der Waals surface area contributed by atoms with Crippen LogP contribution >= 0.6 is 0 Å². The number of pyridine rings is 1. The van der Waals surface area contributed by atoms with Crippen LogP contribution < -0.4 is 5.32 Å². The Hall–Kier alpha value is -1.56. The molecule has 0 aliphatic carbocycles. The molecule has 0 amide bonds. The normalized spacial score (nSPS) is 13.0. The predicted molar refractivity (Wildman–Crippen MR) is 66.2 cm³/mol. The van der Waals surface area contributed by atoms with Crippen molar-refractivity contribution < 1.29 is 0 Å². The van der Waals surface area contributed by atoms with E-state index in [4.69, 9.17) is 5.26 Å². The van der Waals surface area contributed by atoms with Crippen molar-refractivity contribution in [1.29, 1.82) is 5.26 Å². The van der Waals surface area contributed by atoms with E-state index < -0.39 is 0 Å². The van der Waals surface area contributed by atoms with Gasteiger partial charge in [0.1, 0.15) is 11.9 Å². The number of aryl methyl sites for hydroxylation is 1. The van der Waals surface area contributed by atoms with Gasteiger partial charge in [0.25, 0.3) is 0 Å². The summed E-state index contributed by atoms with van der Waals surface area (Å²) in [5, 5.41) is 12.3. The lowest BCUT2D eigenvalue weighted by atomic mass is 9.88. The molecular weight excluding hydrogens is 198 g/mol. The van der Waals surface area contributed by atoms with Crippen molar-refractivity contribution in [1.82, 2.24) is 4.98 Å². The van der Waals surface area contributed by atoms with Crippen LogP contribution in [0.15, 0.2) is 12.1 Å². The van der Waals surface area contributed by atoms with Gasteiger partial charge in [-0.15, -0.1) is 0 Å². The molecule has 1 heterocycles. The highest BCUT2D eigenvalue weighted by atomic mass is 15.0. The zero-order valence-corrected chi connectivity index (χ0v) is 10.6. The van der Waals surface area contributed by atoms with Crippen LogP contribution in [0, 0.1) is 23.7 Å². The van der Waals surface area contributed by atoms with Gasteiger partial charge in [0, 0.05) is 11.7 Å². The molecule has 1 N–H and O–H groups in total. The van der Waals surface area contributed by atoms with Gasteiger partial charge in [0.15, 0.2) is 0 Å². The number of hydrogen-bond donors (Lipinski definition) is 1. The van der Waals surface area contributed by atoms with E-state index in [1.165, 1.54) is 0 Å². The second kappa shape index (κ2) is 4.52. The van der Waals surface area contributed by atoms with Crippen LogP contribution in [0.2, 0.25) is 0 Å². The average Bonchev–Trinajstić information content (AvgIpc) is 2.16. The molecular formula is C13H19N3. The summed E-state index contributed by atoms with van der Waals surface area (Å²) in [6.07, 6.45) is 0. The molecule has 1 aromatic heterocycles. The lowest BCUT2D eigenvalue weighted by Crippen LogP contribution is -2.31. The first kappa shape index (κ1) is 12.5. The minimum Gasteiger partial charge on any atom is -0.366 e. The fourth-order valence-corrected chi connectivity index (χ4v) is 1.18. The Balaban J connectivity index is 2.97. The molecule has 0 aliphatic rings. The van der Waals surface area contributed by atoms with E-state index in [1.54, 1.807) is 6.07 Å². The topological polar surface area (TPSA) is 48.7 Å². The first-order chi connectivity index (χ1) is 7.34. The molecule has 3 nitrogen and oxygen atoms in total. The van der Waals surface area contributed by atoms with Crippen molar-refractivity contribution >= 4 is 5.82 Å². The maximum absolute atomic E-state index is 9.00. The van der Waals surface area contributed by atoms with E-state index in [-0.39, 0.29) is 11.5 Å². The van der Waals surface area contributed by atoms with Crippen molar-refractivity contribution in [3.8, 4) is 6.07 Å². The second-order valence-electron chi connectivity index (χ2n) is 5.19. The summed E-state index contributed by atoms with van der Waals surface area (Å²) in [4.78, 5) is 4.36. The summed E-state index contributed by atoms with van der Waals surface area (Å²) < 4.78 is 0. The van der Waals surface area contributed by atoms with Crippen LogP contribution in [0.5, 0.6) is 0 Å². The van der Waals surface area contributed by atoms with Crippen molar-refractivity contribution in [3.63, 3.8) is 0 Å². The van der Waals surface area contributed by atoms with Gasteiger partial charge in [-0.25, -0.2) is 4.98 Å². The monoisotopic (exact) mass is 217 g/mol. The summed E-state index contributed by atoms with van der Waals surface area (Å²) >= 11 is 0. The maximum Gasteiger partial charge on any atom is 0.144 e. The van der Waals surface area contributed by atoms with Gasteiger partial charge in [0.05, 0.1) is 5.56 Å². The molecule has 0 saturated heterocycles. The zero-order chi connectivity index (χ0) is 12.3. The van der Waals surface area contributed by atoms with E-state index in [0.29, 0.717) is 11.4 Å². The molecule has 1 aromatic rings. The van der Waals surface area contributed by atoms with Gasteiger partial charge >= 0.3 is 0 Å². The lowest BCUT2D eigenvalue weighted by molar-refractivity contribution is 0.358. The van der Waals surface area contributed by atoms with Gasteiger partial charge in [0.2, 0.25) is 0 Å². The van der Waals surface area contributed by atoms with Crippen molar-refractivity contribution in [2.45, 2.75) is 40.7 Å². The van der Waals surface area contributed by atoms with Crippen LogP contribution in [0.1, 0.15) is 39.0 Å². The van der Waals surface area contributed by atoms with Gasteiger partial charge in [-0.1, -0.05) is 20.8 Å². The van der Waals surface area contributed by atoms with Gasteiger partial charge < -0.3 is 5.32 Å². The summed E-state index contributed by atoms with van der Waals surface area (Å²) in [6.45, 7) is 10.5. The average molecular weight is 217 g/mol. The van der Waals surface area contributed by atoms with E-state index in [9.17, 15) is 0 Å². The molecule has 1 atom stereocenters. The highest BCUT2D eigenvalue weighted by Crippen LogP contribution is 2.23. The highest BCUT2D eigenvalue weighted by molar-refractivity contribution is 5.52. The molecule has 0 spiro atoms. The van der Waals surface area contributed by atoms with Crippen LogP contribution in [-0.4, -0.2) is 11.0 Å². The number of aromatic nitrogens is 1. The quantitative estimate of drug-likeness (QED) is 0.828. The third-order valence-electron chi connectivity index (χ3n) is 2.81. The van der Waals surface area contributed by atoms with Crippen molar-refractivity contribution in [2.75, 3.05) is 5.32 Å². The standard InChI is InChI=1S/C13H19N3/c1-9-6-7-11(8-14)12(15-9)16-10(2)13(3,4)5/h6-7,10H,1-5H3,(H,15,16). The number of nitrogens with zero attached hydrogens (tertiary/aromatic N) is 2. The minimum absolute atomic E-state index is 0.137. The van der Waals surface area contributed by atoms with Crippen LogP contribution in [0.25, 0.3) is 0 Å². The first-order valence-corrected chi connectivity index (χ1v) is 5.49. The summed E-state index contributed by atoms with van der Waals surface area (Å²) in [6, 6.07) is 6.07. The number of nitrogens with one attached hydrogen (secondary N) is 1. The summed E-state index contributed by atoms with van der Waals surface area (Å²) in [5.74, 6) is 0.685. The Kier molecular flexibility index (Phi) is 3.54. The second-order valence-corrected chi connectivity index (χ2v) is 5.19. The SMILES string of the molecule is Cc1ccc(C#N)c(NC(C)C(C)(C)C)n1. The van der Waals surface area contributed by atoms with Gasteiger partial charge in [-0.05, 0) is 31.4 Å². The molecule has 0 bridgehead atoms. The molecule has 1 rings (SSSR count). The fraction of sp³-hybridized carbons (Fsp3) is 0.538. The van der Waals surface area contributed by atoms with Crippen molar-refractivity contribution in [2.24, 2.45) is 5.41 Å². The van der Waals surface area contributed by atoms with Gasteiger partial charge in [-0.2, -0.15) is 5.26 Å². The molecule has 0 aliphatic heterocycles. The Labute approximate surface area is 97.5 Å². The van der Waals surface area contributed by atoms with Gasteiger partial charge in [-0.3, -0.25) is 0 Å². The largest absolute Gasteiger partial charge is 0.366 e. The number of anilines is 1. The summed E-state index contributed by atoms with van der Waals surface area (Å²) in [5.41, 5.74) is 1.65. The summed E-state index contributed by atoms with van der Waals surface area (Å²) in [7, 11) is 0. The highest BCUT2D eigenvalue weighted by Gasteiger charge is 2.21. The lowest BCUT2D eigenvalue weighted by Gasteiger charge is -2.28. The predicted octanol–water partition coefficient (Wildman–Crippen LogP) is 3.11. The third kappa shape index (κ3) is 2.96. The molecule has 86 valence electrons.